The Labute approximate surface area is 178 Å². The molecule has 1 heterocycles. The van der Waals surface area contributed by atoms with Gasteiger partial charge < -0.3 is 24.9 Å². The summed E-state index contributed by atoms with van der Waals surface area (Å²) < 4.78 is 9.82. The van der Waals surface area contributed by atoms with Gasteiger partial charge in [0.25, 0.3) is 11.0 Å². The van der Waals surface area contributed by atoms with Crippen molar-refractivity contribution in [2.75, 3.05) is 27.4 Å². The highest BCUT2D eigenvalue weighted by atomic mass is 16.9. The quantitative estimate of drug-likeness (QED) is 0.267. The van der Waals surface area contributed by atoms with Crippen molar-refractivity contribution >= 4 is 17.8 Å². The van der Waals surface area contributed by atoms with E-state index in [1.807, 2.05) is 0 Å². The third-order valence-electron chi connectivity index (χ3n) is 4.64. The number of dihydropyridines is 1. The maximum absolute atomic E-state index is 12.5. The van der Waals surface area contributed by atoms with E-state index >= 15 is 0 Å². The molecule has 11 heteroatoms. The summed E-state index contributed by atoms with van der Waals surface area (Å²) in [6, 6.07) is 6.35. The summed E-state index contributed by atoms with van der Waals surface area (Å²) in [6.45, 7) is 3.00. The zero-order chi connectivity index (χ0) is 23.1. The number of hydrogen-bond donors (Lipinski definition) is 2. The lowest BCUT2D eigenvalue weighted by Gasteiger charge is -2.30. The molecule has 0 spiro atoms. The van der Waals surface area contributed by atoms with E-state index in [-0.39, 0.29) is 29.9 Å². The van der Waals surface area contributed by atoms with E-state index in [9.17, 15) is 24.5 Å². The number of nitrogens with zero attached hydrogens (tertiary/aromatic N) is 1. The summed E-state index contributed by atoms with van der Waals surface area (Å²) in [6.07, 6.45) is 0. The van der Waals surface area contributed by atoms with Crippen LogP contribution in [0.4, 0.5) is 0 Å². The van der Waals surface area contributed by atoms with E-state index in [1.54, 1.807) is 26.0 Å². The van der Waals surface area contributed by atoms with Crippen LogP contribution in [-0.2, 0) is 23.9 Å². The van der Waals surface area contributed by atoms with Gasteiger partial charge in [-0.05, 0) is 31.5 Å². The average molecular weight is 433 g/mol. The van der Waals surface area contributed by atoms with Crippen molar-refractivity contribution in [1.29, 1.82) is 0 Å². The Bertz CT molecular complexity index is 929. The molecule has 0 saturated heterocycles. The highest BCUT2D eigenvalue weighted by molar-refractivity contribution is 6.00. The number of benzene rings is 1. The number of hydrogen-bond acceptors (Lipinski definition) is 9. The molecule has 1 aromatic carbocycles. The van der Waals surface area contributed by atoms with Crippen molar-refractivity contribution in [2.24, 2.45) is 0 Å². The van der Waals surface area contributed by atoms with Crippen LogP contribution in [0, 0.1) is 10.1 Å². The smallest absolute Gasteiger partial charge is 0.336 e. The number of amides is 1. The summed E-state index contributed by atoms with van der Waals surface area (Å²) in [5.41, 5.74) is 2.18. The van der Waals surface area contributed by atoms with Gasteiger partial charge in [-0.2, -0.15) is 0 Å². The summed E-state index contributed by atoms with van der Waals surface area (Å²) in [4.78, 5) is 51.8. The zero-order valence-corrected chi connectivity index (χ0v) is 17.5. The van der Waals surface area contributed by atoms with Crippen LogP contribution in [-0.4, -0.2) is 50.3 Å². The van der Waals surface area contributed by atoms with Crippen LogP contribution in [0.2, 0.25) is 0 Å². The van der Waals surface area contributed by atoms with Crippen LogP contribution in [0.25, 0.3) is 0 Å². The molecule has 0 aliphatic carbocycles. The fraction of sp³-hybridized carbons (Fsp3) is 0.350. The second kappa shape index (κ2) is 10.2. The molecule has 1 amide bonds. The predicted molar refractivity (Wildman–Crippen MR) is 107 cm³/mol. The van der Waals surface area contributed by atoms with E-state index in [0.717, 1.165) is 0 Å². The summed E-state index contributed by atoms with van der Waals surface area (Å²) in [5, 5.41) is 14.7. The first-order chi connectivity index (χ1) is 14.7. The predicted octanol–water partition coefficient (Wildman–Crippen LogP) is 1.21. The lowest BCUT2D eigenvalue weighted by Crippen LogP contribution is -2.32. The van der Waals surface area contributed by atoms with Gasteiger partial charge in [-0.15, -0.1) is 10.1 Å². The monoisotopic (exact) mass is 433 g/mol. The molecular formula is C20H23N3O8. The molecule has 0 aromatic heterocycles. The lowest BCUT2D eigenvalue weighted by molar-refractivity contribution is -0.757. The maximum Gasteiger partial charge on any atom is 0.336 e. The van der Waals surface area contributed by atoms with E-state index in [2.05, 4.69) is 15.5 Å². The Kier molecular flexibility index (Phi) is 7.72. The van der Waals surface area contributed by atoms with Gasteiger partial charge in [-0.25, -0.2) is 9.59 Å². The number of esters is 2. The van der Waals surface area contributed by atoms with Crippen LogP contribution in [0.5, 0.6) is 0 Å². The minimum absolute atomic E-state index is 0.0732. The van der Waals surface area contributed by atoms with Crippen molar-refractivity contribution in [2.45, 2.75) is 19.8 Å². The Balaban J connectivity index is 2.44. The molecule has 2 N–H and O–H groups in total. The van der Waals surface area contributed by atoms with Gasteiger partial charge >= 0.3 is 11.9 Å². The topological polar surface area (TPSA) is 146 Å². The molecule has 166 valence electrons. The molecular weight excluding hydrogens is 410 g/mol. The zero-order valence-electron chi connectivity index (χ0n) is 17.5. The number of nitrogens with one attached hydrogen (secondary N) is 2. The molecule has 1 aliphatic rings. The number of rotatable bonds is 8. The summed E-state index contributed by atoms with van der Waals surface area (Å²) >= 11 is 0. The molecule has 0 atom stereocenters. The van der Waals surface area contributed by atoms with Gasteiger partial charge in [0.15, 0.2) is 0 Å². The van der Waals surface area contributed by atoms with Crippen molar-refractivity contribution in [3.63, 3.8) is 0 Å². The number of carbonyl (C=O) groups is 3. The number of ether oxygens (including phenoxy) is 2. The first-order valence-corrected chi connectivity index (χ1v) is 9.21. The second-order valence-electron chi connectivity index (χ2n) is 6.56. The molecule has 11 nitrogen and oxygen atoms in total. The largest absolute Gasteiger partial charge is 0.466 e. The van der Waals surface area contributed by atoms with Crippen LogP contribution in [0.15, 0.2) is 46.8 Å². The average Bonchev–Trinajstić information content (AvgIpc) is 2.75. The first kappa shape index (κ1) is 23.4. The summed E-state index contributed by atoms with van der Waals surface area (Å²) in [5.74, 6) is -2.58. The van der Waals surface area contributed by atoms with E-state index < -0.39 is 28.9 Å². The fourth-order valence-electron chi connectivity index (χ4n) is 3.33. The first-order valence-electron chi connectivity index (χ1n) is 9.21. The maximum atomic E-state index is 12.5. The molecule has 1 aliphatic heterocycles. The number of carbonyl (C=O) groups excluding carboxylic acids is 3. The van der Waals surface area contributed by atoms with Crippen LogP contribution in [0.3, 0.4) is 0 Å². The van der Waals surface area contributed by atoms with Crippen molar-refractivity contribution in [1.82, 2.24) is 10.6 Å². The number of methoxy groups -OCH3 is 2. The molecule has 0 bridgehead atoms. The number of allylic oxidation sites excluding steroid dienone is 2. The molecule has 0 radical (unpaired) electrons. The van der Waals surface area contributed by atoms with Crippen LogP contribution in [0.1, 0.15) is 35.7 Å². The molecule has 0 saturated carbocycles. The Morgan fingerprint density at radius 2 is 1.68 bits per heavy atom. The highest BCUT2D eigenvalue weighted by Gasteiger charge is 2.37. The Morgan fingerprint density at radius 3 is 2.19 bits per heavy atom. The van der Waals surface area contributed by atoms with E-state index in [1.165, 1.54) is 26.4 Å². The Hall–Kier alpha value is -3.89. The van der Waals surface area contributed by atoms with Crippen LogP contribution < -0.4 is 10.6 Å². The minimum atomic E-state index is -0.949. The van der Waals surface area contributed by atoms with E-state index in [0.29, 0.717) is 17.0 Å². The second-order valence-corrected chi connectivity index (χ2v) is 6.56. The van der Waals surface area contributed by atoms with Gasteiger partial charge in [0.2, 0.25) is 0 Å². The third kappa shape index (κ3) is 5.38. The molecule has 0 fully saturated rings. The molecule has 31 heavy (non-hydrogen) atoms. The van der Waals surface area contributed by atoms with Gasteiger partial charge in [-0.1, -0.05) is 12.1 Å². The highest BCUT2D eigenvalue weighted by Crippen LogP contribution is 2.39. The van der Waals surface area contributed by atoms with Crippen molar-refractivity contribution in [3.05, 3.63) is 68.0 Å². The van der Waals surface area contributed by atoms with Gasteiger partial charge in [0.05, 0.1) is 31.3 Å². The van der Waals surface area contributed by atoms with Crippen molar-refractivity contribution in [3.8, 4) is 0 Å². The van der Waals surface area contributed by atoms with Gasteiger partial charge in [0.1, 0.15) is 6.61 Å². The van der Waals surface area contributed by atoms with Crippen LogP contribution >= 0.6 is 0 Å². The van der Waals surface area contributed by atoms with E-state index in [4.69, 9.17) is 9.47 Å². The van der Waals surface area contributed by atoms with Crippen molar-refractivity contribution < 1.29 is 33.8 Å². The summed E-state index contributed by atoms with van der Waals surface area (Å²) in [7, 11) is 2.47. The standard InChI is InChI=1S/C20H23N3O8/c1-11-15(19(25)29-3)17(16(12(2)22-11)20(26)30-4)13-6-5-7-14(10-13)18(24)21-8-9-31-23(27)28/h5-7,10,17,22H,8-9H2,1-4H3,(H,21,24). The minimum Gasteiger partial charge on any atom is -0.466 e. The third-order valence-corrected chi connectivity index (χ3v) is 4.64. The lowest BCUT2D eigenvalue weighted by atomic mass is 9.80. The molecule has 0 unspecified atom stereocenters. The van der Waals surface area contributed by atoms with Gasteiger partial charge in [0, 0.05) is 23.5 Å². The Morgan fingerprint density at radius 1 is 1.10 bits per heavy atom. The fourth-order valence-corrected chi connectivity index (χ4v) is 3.33. The molecule has 1 aromatic rings. The molecule has 2 rings (SSSR count). The van der Waals surface area contributed by atoms with Gasteiger partial charge in [-0.3, -0.25) is 4.79 Å². The SMILES string of the molecule is COC(=O)C1=C(C)NC(C)=C(C(=O)OC)C1c1cccc(C(=O)NCCO[N+](=O)[O-])c1. The normalized spacial score (nSPS) is 13.9.